The molecule has 4 heteroatoms. The number of aryl methyl sites for hydroxylation is 1. The van der Waals surface area contributed by atoms with E-state index in [1.54, 1.807) is 0 Å². The maximum absolute atomic E-state index is 5.40. The van der Waals surface area contributed by atoms with Crippen molar-refractivity contribution in [1.82, 2.24) is 10.2 Å². The third kappa shape index (κ3) is 3.39. The van der Waals surface area contributed by atoms with Crippen LogP contribution in [0.3, 0.4) is 0 Å². The van der Waals surface area contributed by atoms with E-state index in [4.69, 9.17) is 9.47 Å². The van der Waals surface area contributed by atoms with Gasteiger partial charge in [0.05, 0.1) is 0 Å². The molecule has 0 aromatic heterocycles. The van der Waals surface area contributed by atoms with Crippen LogP contribution in [0.4, 0.5) is 0 Å². The Morgan fingerprint density at radius 3 is 2.79 bits per heavy atom. The first-order chi connectivity index (χ1) is 9.42. The Hall–Kier alpha value is -1.26. The highest BCUT2D eigenvalue weighted by Gasteiger charge is 2.13. The van der Waals surface area contributed by atoms with E-state index >= 15 is 0 Å². The molecule has 0 bridgehead atoms. The van der Waals surface area contributed by atoms with Crippen molar-refractivity contribution in [3.8, 4) is 11.5 Å². The number of piperazine rings is 1. The predicted octanol–water partition coefficient (Wildman–Crippen LogP) is 1.64. The van der Waals surface area contributed by atoms with Crippen LogP contribution in [0.25, 0.3) is 0 Å². The Morgan fingerprint density at radius 2 is 1.89 bits per heavy atom. The molecule has 2 heterocycles. The van der Waals surface area contributed by atoms with Crippen molar-refractivity contribution in [2.24, 2.45) is 0 Å². The van der Waals surface area contributed by atoms with Gasteiger partial charge in [0.15, 0.2) is 11.5 Å². The quantitative estimate of drug-likeness (QED) is 0.818. The van der Waals surface area contributed by atoms with Crippen molar-refractivity contribution in [1.29, 1.82) is 0 Å². The van der Waals surface area contributed by atoms with Gasteiger partial charge in [-0.25, -0.2) is 0 Å². The summed E-state index contributed by atoms with van der Waals surface area (Å²) in [7, 11) is 0. The van der Waals surface area contributed by atoms with E-state index in [9.17, 15) is 0 Å². The molecule has 2 aliphatic heterocycles. The Balaban J connectivity index is 1.40. The monoisotopic (exact) mass is 262 g/mol. The Kier molecular flexibility index (Phi) is 4.20. The molecule has 1 aromatic rings. The van der Waals surface area contributed by atoms with E-state index in [2.05, 4.69) is 22.3 Å². The average molecular weight is 262 g/mol. The lowest BCUT2D eigenvalue weighted by Crippen LogP contribution is -2.43. The molecule has 0 atom stereocenters. The number of hydrogen-bond donors (Lipinski definition) is 1. The Bertz CT molecular complexity index is 417. The lowest BCUT2D eigenvalue weighted by molar-refractivity contribution is 0.174. The molecule has 1 fully saturated rings. The molecule has 0 aliphatic carbocycles. The van der Waals surface area contributed by atoms with Gasteiger partial charge in [0.2, 0.25) is 6.79 Å². The van der Waals surface area contributed by atoms with Crippen molar-refractivity contribution in [3.05, 3.63) is 23.8 Å². The van der Waals surface area contributed by atoms with Crippen LogP contribution in [0, 0.1) is 0 Å². The van der Waals surface area contributed by atoms with Crippen molar-refractivity contribution >= 4 is 0 Å². The van der Waals surface area contributed by atoms with Gasteiger partial charge in [-0.3, -0.25) is 0 Å². The number of fused-ring (bicyclic) bond motifs is 1. The maximum Gasteiger partial charge on any atom is 0.231 e. The first-order valence-electron chi connectivity index (χ1n) is 7.23. The van der Waals surface area contributed by atoms with Crippen LogP contribution in [-0.2, 0) is 6.42 Å². The van der Waals surface area contributed by atoms with E-state index in [1.807, 2.05) is 6.07 Å². The molecule has 1 N–H and O–H groups in total. The molecule has 0 radical (unpaired) electrons. The van der Waals surface area contributed by atoms with Crippen LogP contribution in [0.2, 0.25) is 0 Å². The zero-order chi connectivity index (χ0) is 12.9. The van der Waals surface area contributed by atoms with Crippen molar-refractivity contribution in [2.75, 3.05) is 39.5 Å². The molecular formula is C15H22N2O2. The van der Waals surface area contributed by atoms with E-state index in [-0.39, 0.29) is 0 Å². The lowest BCUT2D eigenvalue weighted by Gasteiger charge is -2.27. The van der Waals surface area contributed by atoms with E-state index in [0.717, 1.165) is 31.0 Å². The smallest absolute Gasteiger partial charge is 0.231 e. The Labute approximate surface area is 114 Å². The third-order valence-corrected chi connectivity index (χ3v) is 3.84. The molecule has 2 aliphatic rings. The van der Waals surface area contributed by atoms with Gasteiger partial charge in [-0.15, -0.1) is 0 Å². The normalized spacial score (nSPS) is 18.7. The Morgan fingerprint density at radius 1 is 1.05 bits per heavy atom. The fraction of sp³-hybridized carbons (Fsp3) is 0.600. The summed E-state index contributed by atoms with van der Waals surface area (Å²) in [5.41, 5.74) is 1.35. The maximum atomic E-state index is 5.40. The minimum atomic E-state index is 0.363. The number of hydrogen-bond acceptors (Lipinski definition) is 4. The van der Waals surface area contributed by atoms with Gasteiger partial charge in [0.1, 0.15) is 0 Å². The molecule has 1 aromatic carbocycles. The standard InChI is InChI=1S/C15H22N2O2/c1(2-8-17-9-6-16-7-10-17)3-13-4-5-14-15(11-13)19-12-18-14/h4-5,11,16H,1-3,6-10,12H2. The van der Waals surface area contributed by atoms with Gasteiger partial charge in [0.25, 0.3) is 0 Å². The van der Waals surface area contributed by atoms with Gasteiger partial charge >= 0.3 is 0 Å². The molecule has 104 valence electrons. The zero-order valence-electron chi connectivity index (χ0n) is 11.4. The molecule has 3 rings (SSSR count). The largest absolute Gasteiger partial charge is 0.454 e. The number of nitrogens with one attached hydrogen (secondary N) is 1. The molecular weight excluding hydrogens is 240 g/mol. The fourth-order valence-electron chi connectivity index (χ4n) is 2.70. The fourth-order valence-corrected chi connectivity index (χ4v) is 2.70. The minimum Gasteiger partial charge on any atom is -0.454 e. The molecule has 0 unspecified atom stereocenters. The highest BCUT2D eigenvalue weighted by Crippen LogP contribution is 2.32. The number of ether oxygens (including phenoxy) is 2. The van der Waals surface area contributed by atoms with Crippen LogP contribution in [0.5, 0.6) is 11.5 Å². The van der Waals surface area contributed by atoms with Crippen LogP contribution in [0.1, 0.15) is 18.4 Å². The molecule has 0 amide bonds. The van der Waals surface area contributed by atoms with Crippen LogP contribution in [-0.4, -0.2) is 44.4 Å². The summed E-state index contributed by atoms with van der Waals surface area (Å²) in [6, 6.07) is 6.29. The summed E-state index contributed by atoms with van der Waals surface area (Å²) < 4.78 is 10.7. The van der Waals surface area contributed by atoms with Crippen molar-refractivity contribution < 1.29 is 9.47 Å². The van der Waals surface area contributed by atoms with Gasteiger partial charge in [-0.2, -0.15) is 0 Å². The second kappa shape index (κ2) is 6.26. The van der Waals surface area contributed by atoms with Gasteiger partial charge < -0.3 is 19.7 Å². The number of benzene rings is 1. The molecule has 0 saturated carbocycles. The summed E-state index contributed by atoms with van der Waals surface area (Å²) in [5.74, 6) is 1.78. The van der Waals surface area contributed by atoms with Gasteiger partial charge in [0, 0.05) is 26.2 Å². The average Bonchev–Trinajstić information content (AvgIpc) is 2.92. The second-order valence-electron chi connectivity index (χ2n) is 5.24. The molecule has 19 heavy (non-hydrogen) atoms. The SMILES string of the molecule is c1cc2c(cc1CCCCN1CCNCC1)OCO2. The van der Waals surface area contributed by atoms with Crippen LogP contribution in [0.15, 0.2) is 18.2 Å². The van der Waals surface area contributed by atoms with E-state index < -0.39 is 0 Å². The minimum absolute atomic E-state index is 0.363. The lowest BCUT2D eigenvalue weighted by atomic mass is 10.1. The number of unbranched alkanes of at least 4 members (excludes halogenated alkanes) is 1. The molecule has 4 nitrogen and oxygen atoms in total. The van der Waals surface area contributed by atoms with Gasteiger partial charge in [-0.1, -0.05) is 6.07 Å². The first-order valence-corrected chi connectivity index (χ1v) is 7.23. The summed E-state index contributed by atoms with van der Waals surface area (Å²) in [5, 5.41) is 3.39. The van der Waals surface area contributed by atoms with Crippen molar-refractivity contribution in [2.45, 2.75) is 19.3 Å². The van der Waals surface area contributed by atoms with E-state index in [1.165, 1.54) is 38.0 Å². The summed E-state index contributed by atoms with van der Waals surface area (Å²) in [4.78, 5) is 2.55. The highest BCUT2D eigenvalue weighted by atomic mass is 16.7. The topological polar surface area (TPSA) is 33.7 Å². The van der Waals surface area contributed by atoms with Crippen molar-refractivity contribution in [3.63, 3.8) is 0 Å². The molecule has 0 spiro atoms. The number of nitrogens with zero attached hydrogens (tertiary/aromatic N) is 1. The third-order valence-electron chi connectivity index (χ3n) is 3.84. The summed E-state index contributed by atoms with van der Waals surface area (Å²) >= 11 is 0. The first kappa shape index (κ1) is 12.8. The number of rotatable bonds is 5. The second-order valence-corrected chi connectivity index (χ2v) is 5.24. The van der Waals surface area contributed by atoms with E-state index in [0.29, 0.717) is 6.79 Å². The predicted molar refractivity (Wildman–Crippen MR) is 74.8 cm³/mol. The van der Waals surface area contributed by atoms with Crippen LogP contribution < -0.4 is 14.8 Å². The molecule has 1 saturated heterocycles. The van der Waals surface area contributed by atoms with Gasteiger partial charge in [-0.05, 0) is 43.5 Å². The van der Waals surface area contributed by atoms with Crippen LogP contribution >= 0.6 is 0 Å². The highest BCUT2D eigenvalue weighted by molar-refractivity contribution is 5.44. The zero-order valence-corrected chi connectivity index (χ0v) is 11.4. The summed E-state index contributed by atoms with van der Waals surface area (Å²) in [6.07, 6.45) is 3.64. The summed E-state index contributed by atoms with van der Waals surface area (Å²) in [6.45, 7) is 6.27.